The summed E-state index contributed by atoms with van der Waals surface area (Å²) in [6.45, 7) is 11.0. The van der Waals surface area contributed by atoms with E-state index >= 15 is 0 Å². The van der Waals surface area contributed by atoms with Crippen molar-refractivity contribution in [3.05, 3.63) is 52.5 Å². The van der Waals surface area contributed by atoms with Gasteiger partial charge in [-0.05, 0) is 25.1 Å². The maximum Gasteiger partial charge on any atom is 0.324 e. The van der Waals surface area contributed by atoms with Crippen LogP contribution in [0.2, 0.25) is 5.02 Å². The Kier molecular flexibility index (Phi) is 7.44. The number of ketones is 1. The third kappa shape index (κ3) is 4.82. The van der Waals surface area contributed by atoms with E-state index in [1.807, 2.05) is 36.4 Å². The van der Waals surface area contributed by atoms with E-state index < -0.39 is 23.5 Å². The van der Waals surface area contributed by atoms with Gasteiger partial charge in [-0.25, -0.2) is 0 Å². The van der Waals surface area contributed by atoms with Gasteiger partial charge in [0.15, 0.2) is 22.7 Å². The molecular formula is C30H38ClN2O6+. The molecule has 0 radical (unpaired) electrons. The van der Waals surface area contributed by atoms with Crippen LogP contribution in [0.25, 0.3) is 0 Å². The van der Waals surface area contributed by atoms with Crippen molar-refractivity contribution in [2.45, 2.75) is 46.3 Å². The minimum absolute atomic E-state index is 0.0943. The zero-order valence-electron chi connectivity index (χ0n) is 23.1. The van der Waals surface area contributed by atoms with Gasteiger partial charge in [-0.1, -0.05) is 44.5 Å². The molecule has 0 spiro atoms. The molecule has 9 heteroatoms. The van der Waals surface area contributed by atoms with Crippen LogP contribution in [-0.2, 0) is 14.3 Å². The molecule has 0 amide bonds. The number of nitrogens with one attached hydrogen (secondary N) is 1. The number of fused-ring (bicyclic) bond motifs is 2. The molecule has 3 heterocycles. The lowest BCUT2D eigenvalue weighted by atomic mass is 9.70. The SMILES string of the molecule is CC(=O)[C@@]1(C(=O)O)CNCC[C@H]1[N@@+]1(CC(C)(C)C)CCOC(c2cccc3c2OCCO3)c2cc(Cl)ccc21. The summed E-state index contributed by atoms with van der Waals surface area (Å²) in [6.07, 6.45) is 0.0282. The average Bonchev–Trinajstić information content (AvgIpc) is 3.04. The molecule has 2 aromatic carbocycles. The van der Waals surface area contributed by atoms with Gasteiger partial charge in [0, 0.05) is 47.1 Å². The van der Waals surface area contributed by atoms with Crippen molar-refractivity contribution in [2.24, 2.45) is 10.8 Å². The molecule has 39 heavy (non-hydrogen) atoms. The molecule has 0 aromatic heterocycles. The third-order valence-corrected chi connectivity index (χ3v) is 8.57. The Balaban J connectivity index is 1.77. The Bertz CT molecular complexity index is 1260. The number of carboxylic acids is 1. The van der Waals surface area contributed by atoms with Crippen molar-refractivity contribution in [3.63, 3.8) is 0 Å². The zero-order chi connectivity index (χ0) is 28.0. The number of aliphatic carboxylic acids is 1. The van der Waals surface area contributed by atoms with Crippen LogP contribution in [0.5, 0.6) is 11.5 Å². The fourth-order valence-electron chi connectivity index (χ4n) is 6.97. The molecule has 1 saturated heterocycles. The van der Waals surface area contributed by atoms with Crippen LogP contribution in [-0.4, -0.2) is 68.9 Å². The summed E-state index contributed by atoms with van der Waals surface area (Å²) < 4.78 is 18.9. The largest absolute Gasteiger partial charge is 0.486 e. The first-order valence-corrected chi connectivity index (χ1v) is 14.0. The van der Waals surface area contributed by atoms with Gasteiger partial charge in [0.25, 0.3) is 0 Å². The predicted molar refractivity (Wildman–Crippen MR) is 150 cm³/mol. The Labute approximate surface area is 234 Å². The second-order valence-electron chi connectivity index (χ2n) is 12.1. The van der Waals surface area contributed by atoms with Gasteiger partial charge in [-0.2, -0.15) is 0 Å². The van der Waals surface area contributed by atoms with Crippen molar-refractivity contribution in [1.82, 2.24) is 9.80 Å². The molecule has 8 nitrogen and oxygen atoms in total. The number of halogens is 1. The Morgan fingerprint density at radius 1 is 1.13 bits per heavy atom. The number of hydrogen-bond donors (Lipinski definition) is 2. The number of nitrogens with zero attached hydrogens (tertiary/aromatic N) is 1. The van der Waals surface area contributed by atoms with Crippen LogP contribution in [0, 0.1) is 10.8 Å². The number of ether oxygens (including phenoxy) is 3. The van der Waals surface area contributed by atoms with E-state index in [9.17, 15) is 14.7 Å². The highest BCUT2D eigenvalue weighted by Gasteiger charge is 2.62. The van der Waals surface area contributed by atoms with Gasteiger partial charge in [-0.15, -0.1) is 0 Å². The molecule has 3 aliphatic heterocycles. The molecular weight excluding hydrogens is 520 g/mol. The van der Waals surface area contributed by atoms with Gasteiger partial charge in [0.2, 0.25) is 0 Å². The van der Waals surface area contributed by atoms with Crippen LogP contribution < -0.4 is 19.3 Å². The van der Waals surface area contributed by atoms with Crippen LogP contribution in [0.1, 0.15) is 51.3 Å². The van der Waals surface area contributed by atoms with Crippen molar-refractivity contribution in [2.75, 3.05) is 46.0 Å². The van der Waals surface area contributed by atoms with Crippen molar-refractivity contribution < 1.29 is 28.9 Å². The average molecular weight is 558 g/mol. The lowest BCUT2D eigenvalue weighted by Crippen LogP contribution is -2.73. The Morgan fingerprint density at radius 2 is 1.90 bits per heavy atom. The molecule has 0 saturated carbocycles. The number of carbonyl (C=O) groups excluding carboxylic acids is 1. The lowest BCUT2D eigenvalue weighted by Gasteiger charge is -2.53. The number of Topliss-reactive ketones (excluding diaryl/α,β-unsaturated/α-hetero) is 1. The summed E-state index contributed by atoms with van der Waals surface area (Å²) in [4.78, 5) is 26.3. The fraction of sp³-hybridized carbons (Fsp3) is 0.533. The number of piperidine rings is 1. The number of carboxylic acid groups (broad SMARTS) is 1. The van der Waals surface area contributed by atoms with E-state index in [2.05, 4.69) is 26.1 Å². The monoisotopic (exact) mass is 557 g/mol. The van der Waals surface area contributed by atoms with E-state index in [0.717, 1.165) is 16.8 Å². The number of benzene rings is 2. The van der Waals surface area contributed by atoms with Gasteiger partial charge < -0.3 is 24.6 Å². The normalized spacial score (nSPS) is 28.7. The highest BCUT2D eigenvalue weighted by atomic mass is 35.5. The molecule has 5 rings (SSSR count). The standard InChI is InChI=1S/C30H37ClN2O6/c1-19(34)30(28(35)36)17-32-11-10-25(30)33(18-29(2,3)4)12-13-38-26(22-16-20(31)8-9-23(22)33)21-6-5-7-24-27(21)39-15-14-37-24/h5-9,16,25-26,32H,10-15,17-18H2,1-4H3/p+1/t25-,26?,30+,33-/m1/s1. The third-order valence-electron chi connectivity index (χ3n) is 8.34. The van der Waals surface area contributed by atoms with Crippen LogP contribution >= 0.6 is 11.6 Å². The van der Waals surface area contributed by atoms with Crippen LogP contribution in [0.3, 0.4) is 0 Å². The molecule has 1 fully saturated rings. The molecule has 4 atom stereocenters. The summed E-state index contributed by atoms with van der Waals surface area (Å²) in [5.41, 5.74) is 0.861. The summed E-state index contributed by atoms with van der Waals surface area (Å²) in [5, 5.41) is 14.4. The first-order valence-electron chi connectivity index (χ1n) is 13.6. The van der Waals surface area contributed by atoms with Crippen molar-refractivity contribution in [1.29, 1.82) is 0 Å². The molecule has 2 aromatic rings. The van der Waals surface area contributed by atoms with E-state index in [1.54, 1.807) is 0 Å². The van der Waals surface area contributed by atoms with E-state index in [1.165, 1.54) is 6.92 Å². The number of quaternary nitrogens is 1. The summed E-state index contributed by atoms with van der Waals surface area (Å²) in [6, 6.07) is 11.1. The lowest BCUT2D eigenvalue weighted by molar-refractivity contribution is -0.161. The van der Waals surface area contributed by atoms with Crippen molar-refractivity contribution in [3.8, 4) is 11.5 Å². The second kappa shape index (κ2) is 10.4. The van der Waals surface area contributed by atoms with Gasteiger partial charge in [0.1, 0.15) is 37.6 Å². The number of rotatable bonds is 5. The molecule has 3 aliphatic rings. The minimum Gasteiger partial charge on any atom is -0.486 e. The quantitative estimate of drug-likeness (QED) is 0.410. The van der Waals surface area contributed by atoms with Crippen LogP contribution in [0.15, 0.2) is 36.4 Å². The number of hydrogen-bond acceptors (Lipinski definition) is 6. The summed E-state index contributed by atoms with van der Waals surface area (Å²) >= 11 is 6.62. The zero-order valence-corrected chi connectivity index (χ0v) is 23.8. The Morgan fingerprint density at radius 3 is 2.62 bits per heavy atom. The van der Waals surface area contributed by atoms with E-state index in [4.69, 9.17) is 25.8 Å². The van der Waals surface area contributed by atoms with Crippen molar-refractivity contribution >= 4 is 29.0 Å². The van der Waals surface area contributed by atoms with Gasteiger partial charge >= 0.3 is 5.97 Å². The summed E-state index contributed by atoms with van der Waals surface area (Å²) in [5.74, 6) is -0.0940. The smallest absolute Gasteiger partial charge is 0.324 e. The summed E-state index contributed by atoms with van der Waals surface area (Å²) in [7, 11) is 0. The number of para-hydroxylation sites is 1. The minimum atomic E-state index is -1.58. The Hall–Kier alpha value is -2.65. The molecule has 1 unspecified atom stereocenters. The number of carbonyl (C=O) groups is 2. The molecule has 2 N–H and O–H groups in total. The maximum absolute atomic E-state index is 13.3. The fourth-order valence-corrected chi connectivity index (χ4v) is 7.16. The predicted octanol–water partition coefficient (Wildman–Crippen LogP) is 4.61. The van der Waals surface area contributed by atoms with Gasteiger partial charge in [0.05, 0.1) is 13.2 Å². The van der Waals surface area contributed by atoms with E-state index in [0.29, 0.717) is 66.9 Å². The first-order chi connectivity index (χ1) is 18.5. The van der Waals surface area contributed by atoms with Gasteiger partial charge in [-0.3, -0.25) is 14.1 Å². The van der Waals surface area contributed by atoms with Crippen LogP contribution in [0.4, 0.5) is 5.69 Å². The highest BCUT2D eigenvalue weighted by molar-refractivity contribution is 6.30. The first kappa shape index (κ1) is 27.9. The maximum atomic E-state index is 13.3. The topological polar surface area (TPSA) is 94.1 Å². The second-order valence-corrected chi connectivity index (χ2v) is 12.6. The molecule has 0 bridgehead atoms. The van der Waals surface area contributed by atoms with E-state index in [-0.39, 0.29) is 17.7 Å². The highest BCUT2D eigenvalue weighted by Crippen LogP contribution is 2.50. The molecule has 210 valence electrons. The molecule has 0 aliphatic carbocycles.